The highest BCUT2D eigenvalue weighted by atomic mass is 35.5. The second-order valence-electron chi connectivity index (χ2n) is 4.21. The van der Waals surface area contributed by atoms with Crippen LogP contribution in [0.3, 0.4) is 0 Å². The first-order chi connectivity index (χ1) is 7.75. The Kier molecular flexibility index (Phi) is 2.48. The number of thiophene rings is 1. The van der Waals surface area contributed by atoms with Crippen molar-refractivity contribution in [2.75, 3.05) is 0 Å². The first-order valence-electron chi connectivity index (χ1n) is 5.37. The van der Waals surface area contributed by atoms with Crippen molar-refractivity contribution in [1.82, 2.24) is 14.8 Å². The molecule has 5 heteroatoms. The molecule has 3 nitrogen and oxygen atoms in total. The van der Waals surface area contributed by atoms with Gasteiger partial charge in [0.05, 0.1) is 6.54 Å². The lowest BCUT2D eigenvalue weighted by Gasteiger charge is -2.06. The number of hydrogen-bond donors (Lipinski definition) is 0. The van der Waals surface area contributed by atoms with Crippen LogP contribution in [-0.4, -0.2) is 14.8 Å². The molecule has 0 bridgehead atoms. The molecule has 2 aromatic rings. The minimum absolute atomic E-state index is 0.509. The Bertz CT molecular complexity index is 513. The smallest absolute Gasteiger partial charge is 0.225 e. The van der Waals surface area contributed by atoms with Gasteiger partial charge in [0.15, 0.2) is 0 Å². The molecule has 0 amide bonds. The van der Waals surface area contributed by atoms with E-state index in [2.05, 4.69) is 28.6 Å². The summed E-state index contributed by atoms with van der Waals surface area (Å²) in [6, 6.07) is 2.13. The summed E-state index contributed by atoms with van der Waals surface area (Å²) in [6.45, 7) is 2.93. The van der Waals surface area contributed by atoms with Crippen LogP contribution in [0.2, 0.25) is 5.28 Å². The van der Waals surface area contributed by atoms with E-state index in [4.69, 9.17) is 11.6 Å². The van der Waals surface area contributed by atoms with E-state index in [0.29, 0.717) is 11.2 Å². The van der Waals surface area contributed by atoms with Crippen LogP contribution in [0, 0.1) is 6.92 Å². The van der Waals surface area contributed by atoms with E-state index < -0.39 is 0 Å². The van der Waals surface area contributed by atoms with E-state index in [-0.39, 0.29) is 0 Å². The predicted octanol–water partition coefficient (Wildman–Crippen LogP) is 3.23. The van der Waals surface area contributed by atoms with Crippen molar-refractivity contribution >= 4 is 22.9 Å². The quantitative estimate of drug-likeness (QED) is 0.841. The van der Waals surface area contributed by atoms with Gasteiger partial charge in [0.2, 0.25) is 5.28 Å². The summed E-state index contributed by atoms with van der Waals surface area (Å²) in [5.41, 5.74) is 1.32. The fourth-order valence-corrected chi connectivity index (χ4v) is 2.87. The molecule has 2 aromatic heterocycles. The zero-order chi connectivity index (χ0) is 11.1. The fourth-order valence-electron chi connectivity index (χ4n) is 1.79. The molecule has 16 heavy (non-hydrogen) atoms. The minimum atomic E-state index is 0.509. The Labute approximate surface area is 103 Å². The van der Waals surface area contributed by atoms with Crippen molar-refractivity contribution < 1.29 is 0 Å². The van der Waals surface area contributed by atoms with Gasteiger partial charge in [-0.2, -0.15) is 0 Å². The van der Waals surface area contributed by atoms with Crippen LogP contribution in [0.4, 0.5) is 0 Å². The Balaban J connectivity index is 1.94. The summed E-state index contributed by atoms with van der Waals surface area (Å²) < 4.78 is 2.04. The highest BCUT2D eigenvalue weighted by Gasteiger charge is 2.30. The van der Waals surface area contributed by atoms with Gasteiger partial charge in [-0.15, -0.1) is 21.5 Å². The molecular formula is C11H12ClN3S. The molecule has 0 spiro atoms. The van der Waals surface area contributed by atoms with Gasteiger partial charge in [-0.25, -0.2) is 0 Å². The van der Waals surface area contributed by atoms with E-state index in [1.165, 1.54) is 23.3 Å². The zero-order valence-electron chi connectivity index (χ0n) is 8.98. The van der Waals surface area contributed by atoms with Crippen LogP contribution < -0.4 is 0 Å². The van der Waals surface area contributed by atoms with Crippen LogP contribution in [0.15, 0.2) is 11.4 Å². The highest BCUT2D eigenvalue weighted by Crippen LogP contribution is 2.40. The molecule has 3 rings (SSSR count). The van der Waals surface area contributed by atoms with Gasteiger partial charge in [-0.05, 0) is 48.4 Å². The van der Waals surface area contributed by atoms with Crippen molar-refractivity contribution in [2.24, 2.45) is 0 Å². The molecule has 0 atom stereocenters. The lowest BCUT2D eigenvalue weighted by atomic mass is 10.3. The van der Waals surface area contributed by atoms with Gasteiger partial charge in [0.1, 0.15) is 5.82 Å². The lowest BCUT2D eigenvalue weighted by molar-refractivity contribution is 0.733. The Morgan fingerprint density at radius 1 is 1.50 bits per heavy atom. The molecule has 1 fully saturated rings. The zero-order valence-corrected chi connectivity index (χ0v) is 10.6. The van der Waals surface area contributed by atoms with Gasteiger partial charge in [0, 0.05) is 10.8 Å². The summed E-state index contributed by atoms with van der Waals surface area (Å²) in [6.07, 6.45) is 2.44. The van der Waals surface area contributed by atoms with Gasteiger partial charge in [-0.3, -0.25) is 4.57 Å². The first-order valence-corrected chi connectivity index (χ1v) is 6.63. The van der Waals surface area contributed by atoms with E-state index in [1.54, 1.807) is 11.3 Å². The van der Waals surface area contributed by atoms with Crippen molar-refractivity contribution in [3.8, 4) is 0 Å². The van der Waals surface area contributed by atoms with Crippen molar-refractivity contribution in [1.29, 1.82) is 0 Å². The maximum atomic E-state index is 6.08. The maximum Gasteiger partial charge on any atom is 0.225 e. The van der Waals surface area contributed by atoms with E-state index in [9.17, 15) is 0 Å². The normalized spacial score (nSPS) is 15.6. The van der Waals surface area contributed by atoms with E-state index in [1.807, 2.05) is 4.57 Å². The number of aromatic nitrogens is 3. The molecule has 0 unspecified atom stereocenters. The predicted molar refractivity (Wildman–Crippen MR) is 65.2 cm³/mol. The van der Waals surface area contributed by atoms with Gasteiger partial charge < -0.3 is 0 Å². The standard InChI is InChI=1S/C11H12ClN3S/c1-7-4-5-16-9(7)6-15-10(8-2-3-8)13-14-11(15)12/h4-5,8H,2-3,6H2,1H3. The Morgan fingerprint density at radius 2 is 2.31 bits per heavy atom. The molecule has 2 heterocycles. The third-order valence-electron chi connectivity index (χ3n) is 2.95. The summed E-state index contributed by atoms with van der Waals surface area (Å²) in [7, 11) is 0. The molecule has 0 radical (unpaired) electrons. The lowest BCUT2D eigenvalue weighted by Crippen LogP contribution is -2.04. The molecule has 1 aliphatic rings. The number of hydrogen-bond acceptors (Lipinski definition) is 3. The minimum Gasteiger partial charge on any atom is -0.296 e. The SMILES string of the molecule is Cc1ccsc1Cn1c(Cl)nnc1C1CC1. The van der Waals surface area contributed by atoms with E-state index in [0.717, 1.165) is 12.4 Å². The summed E-state index contributed by atoms with van der Waals surface area (Å²) in [5.74, 6) is 1.64. The molecular weight excluding hydrogens is 242 g/mol. The van der Waals surface area contributed by atoms with Gasteiger partial charge >= 0.3 is 0 Å². The Morgan fingerprint density at radius 3 is 2.94 bits per heavy atom. The molecule has 0 aliphatic heterocycles. The van der Waals surface area contributed by atoms with E-state index >= 15 is 0 Å². The number of rotatable bonds is 3. The van der Waals surface area contributed by atoms with Crippen molar-refractivity contribution in [2.45, 2.75) is 32.2 Å². The third-order valence-corrected chi connectivity index (χ3v) is 4.23. The summed E-state index contributed by atoms with van der Waals surface area (Å²) in [4.78, 5) is 1.34. The van der Waals surface area contributed by atoms with Crippen LogP contribution in [0.1, 0.15) is 35.0 Å². The molecule has 0 aromatic carbocycles. The molecule has 1 saturated carbocycles. The fraction of sp³-hybridized carbons (Fsp3) is 0.455. The van der Waals surface area contributed by atoms with Crippen molar-refractivity contribution in [3.63, 3.8) is 0 Å². The third kappa shape index (κ3) is 1.76. The largest absolute Gasteiger partial charge is 0.296 e. The number of halogens is 1. The van der Waals surface area contributed by atoms with Gasteiger partial charge in [-0.1, -0.05) is 0 Å². The topological polar surface area (TPSA) is 30.7 Å². The Hall–Kier alpha value is -0.870. The second kappa shape index (κ2) is 3.86. The van der Waals surface area contributed by atoms with Crippen molar-refractivity contribution in [3.05, 3.63) is 33.0 Å². The second-order valence-corrected chi connectivity index (χ2v) is 5.55. The molecule has 1 aliphatic carbocycles. The van der Waals surface area contributed by atoms with Crippen LogP contribution in [-0.2, 0) is 6.54 Å². The first kappa shape index (κ1) is 10.3. The number of nitrogens with zero attached hydrogens (tertiary/aromatic N) is 3. The molecule has 0 saturated heterocycles. The van der Waals surface area contributed by atoms with Gasteiger partial charge in [0.25, 0.3) is 0 Å². The number of aryl methyl sites for hydroxylation is 1. The monoisotopic (exact) mass is 253 g/mol. The summed E-state index contributed by atoms with van der Waals surface area (Å²) in [5, 5.41) is 10.8. The molecule has 84 valence electrons. The van der Waals surface area contributed by atoms with Crippen LogP contribution in [0.5, 0.6) is 0 Å². The molecule has 0 N–H and O–H groups in total. The average molecular weight is 254 g/mol. The van der Waals surface area contributed by atoms with Crippen LogP contribution >= 0.6 is 22.9 Å². The van der Waals surface area contributed by atoms with Crippen LogP contribution in [0.25, 0.3) is 0 Å². The highest BCUT2D eigenvalue weighted by molar-refractivity contribution is 7.10. The average Bonchev–Trinajstić information content (AvgIpc) is 2.94. The summed E-state index contributed by atoms with van der Waals surface area (Å²) >= 11 is 7.84. The maximum absolute atomic E-state index is 6.08.